The summed E-state index contributed by atoms with van der Waals surface area (Å²) >= 11 is 0. The van der Waals surface area contributed by atoms with Crippen LogP contribution in [0.5, 0.6) is 5.75 Å². The molecule has 2 aromatic carbocycles. The summed E-state index contributed by atoms with van der Waals surface area (Å²) in [4.78, 5) is 12.1. The van der Waals surface area contributed by atoms with E-state index in [-0.39, 0.29) is 25.1 Å². The molecule has 0 saturated heterocycles. The maximum atomic E-state index is 12.3. The molecule has 0 unspecified atom stereocenters. The Morgan fingerprint density at radius 2 is 1.67 bits per heavy atom. The van der Waals surface area contributed by atoms with E-state index in [1.807, 2.05) is 31.2 Å². The van der Waals surface area contributed by atoms with Crippen molar-refractivity contribution in [1.29, 1.82) is 0 Å². The van der Waals surface area contributed by atoms with Gasteiger partial charge in [0.15, 0.2) is 6.61 Å². The summed E-state index contributed by atoms with van der Waals surface area (Å²) in [5.41, 5.74) is 2.58. The van der Waals surface area contributed by atoms with Crippen molar-refractivity contribution in [3.63, 3.8) is 0 Å². The molecule has 1 amide bonds. The predicted octanol–water partition coefficient (Wildman–Crippen LogP) is 3.79. The Balaban J connectivity index is 1.60. The summed E-state index contributed by atoms with van der Waals surface area (Å²) in [6.45, 7) is 2.20. The van der Waals surface area contributed by atoms with Gasteiger partial charge in [-0.1, -0.05) is 49.1 Å². The monoisotopic (exact) mass is 430 g/mol. The number of carbonyl (C=O) groups is 1. The maximum absolute atomic E-state index is 12.3. The van der Waals surface area contributed by atoms with E-state index in [1.165, 1.54) is 17.0 Å². The molecule has 1 fully saturated rings. The molecule has 1 saturated carbocycles. The standard InChI is InChI=1S/C23H30N2O4S/c1-18-8-10-19(11-9-18)16-25(30(2,27)28)21-12-14-22(15-13-21)29-17-23(26)24-20-6-4-3-5-7-20/h8-15,20H,3-7,16-17H2,1-2H3,(H,24,26). The average molecular weight is 431 g/mol. The lowest BCUT2D eigenvalue weighted by Gasteiger charge is -2.23. The lowest BCUT2D eigenvalue weighted by molar-refractivity contribution is -0.124. The van der Waals surface area contributed by atoms with Gasteiger partial charge >= 0.3 is 0 Å². The summed E-state index contributed by atoms with van der Waals surface area (Å²) in [6.07, 6.45) is 6.82. The van der Waals surface area contributed by atoms with Crippen LogP contribution in [0.2, 0.25) is 0 Å². The minimum absolute atomic E-state index is 0.0466. The van der Waals surface area contributed by atoms with Gasteiger partial charge in [-0.15, -0.1) is 0 Å². The van der Waals surface area contributed by atoms with Crippen LogP contribution in [0, 0.1) is 6.92 Å². The highest BCUT2D eigenvalue weighted by Gasteiger charge is 2.19. The van der Waals surface area contributed by atoms with Crippen molar-refractivity contribution in [2.75, 3.05) is 17.2 Å². The molecule has 1 aliphatic rings. The van der Waals surface area contributed by atoms with Gasteiger partial charge in [-0.05, 0) is 49.6 Å². The average Bonchev–Trinajstić information content (AvgIpc) is 2.72. The van der Waals surface area contributed by atoms with Crippen molar-refractivity contribution in [2.45, 2.75) is 51.6 Å². The Bertz CT molecular complexity index is 934. The molecule has 3 rings (SSSR count). The Morgan fingerprint density at radius 3 is 2.27 bits per heavy atom. The van der Waals surface area contributed by atoms with Gasteiger partial charge in [-0.2, -0.15) is 0 Å². The number of ether oxygens (including phenoxy) is 1. The fourth-order valence-corrected chi connectivity index (χ4v) is 4.52. The van der Waals surface area contributed by atoms with E-state index in [1.54, 1.807) is 24.3 Å². The molecule has 6 nitrogen and oxygen atoms in total. The number of nitrogens with one attached hydrogen (secondary N) is 1. The van der Waals surface area contributed by atoms with Crippen LogP contribution in [0.1, 0.15) is 43.2 Å². The molecule has 162 valence electrons. The highest BCUT2D eigenvalue weighted by Crippen LogP contribution is 2.24. The SMILES string of the molecule is Cc1ccc(CN(c2ccc(OCC(=O)NC3CCCCC3)cc2)S(C)(=O)=O)cc1. The van der Waals surface area contributed by atoms with Crippen LogP contribution in [-0.2, 0) is 21.4 Å². The van der Waals surface area contributed by atoms with Crippen molar-refractivity contribution in [1.82, 2.24) is 5.32 Å². The topological polar surface area (TPSA) is 75.7 Å². The molecule has 0 spiro atoms. The number of hydrogen-bond acceptors (Lipinski definition) is 4. The third kappa shape index (κ3) is 6.49. The molecule has 0 radical (unpaired) electrons. The van der Waals surface area contributed by atoms with E-state index in [0.717, 1.165) is 36.8 Å². The van der Waals surface area contributed by atoms with Crippen LogP contribution in [0.4, 0.5) is 5.69 Å². The highest BCUT2D eigenvalue weighted by molar-refractivity contribution is 7.92. The van der Waals surface area contributed by atoms with Crippen molar-refractivity contribution < 1.29 is 17.9 Å². The number of hydrogen-bond donors (Lipinski definition) is 1. The number of nitrogens with zero attached hydrogens (tertiary/aromatic N) is 1. The van der Waals surface area contributed by atoms with Gasteiger partial charge in [0.25, 0.3) is 5.91 Å². The Hall–Kier alpha value is -2.54. The van der Waals surface area contributed by atoms with Gasteiger partial charge in [0.1, 0.15) is 5.75 Å². The molecule has 0 heterocycles. The number of rotatable bonds is 8. The zero-order chi connectivity index (χ0) is 21.6. The summed E-state index contributed by atoms with van der Waals surface area (Å²) in [5, 5.41) is 3.02. The maximum Gasteiger partial charge on any atom is 0.258 e. The van der Waals surface area contributed by atoms with Gasteiger partial charge in [0.05, 0.1) is 18.5 Å². The van der Waals surface area contributed by atoms with E-state index in [9.17, 15) is 13.2 Å². The number of sulfonamides is 1. The minimum atomic E-state index is -3.45. The molecular formula is C23H30N2O4S. The quantitative estimate of drug-likeness (QED) is 0.691. The molecule has 0 bridgehead atoms. The second-order valence-corrected chi connectivity index (χ2v) is 9.85. The zero-order valence-corrected chi connectivity index (χ0v) is 18.5. The van der Waals surface area contributed by atoms with Gasteiger partial charge in [0.2, 0.25) is 10.0 Å². The summed E-state index contributed by atoms with van der Waals surface area (Å²) in [7, 11) is -3.45. The third-order valence-corrected chi connectivity index (χ3v) is 6.45. The molecular weight excluding hydrogens is 400 g/mol. The first-order valence-electron chi connectivity index (χ1n) is 10.4. The van der Waals surface area contributed by atoms with Gasteiger partial charge in [-0.25, -0.2) is 8.42 Å². The first-order valence-corrected chi connectivity index (χ1v) is 12.2. The van der Waals surface area contributed by atoms with Crippen LogP contribution in [0.15, 0.2) is 48.5 Å². The number of aryl methyl sites for hydroxylation is 1. The van der Waals surface area contributed by atoms with Crippen molar-refractivity contribution >= 4 is 21.6 Å². The van der Waals surface area contributed by atoms with Crippen molar-refractivity contribution in [3.05, 3.63) is 59.7 Å². The fraction of sp³-hybridized carbons (Fsp3) is 0.435. The predicted molar refractivity (Wildman–Crippen MR) is 119 cm³/mol. The number of carbonyl (C=O) groups excluding carboxylic acids is 1. The van der Waals surface area contributed by atoms with E-state index in [4.69, 9.17) is 4.74 Å². The zero-order valence-electron chi connectivity index (χ0n) is 17.6. The number of amides is 1. The normalized spacial score (nSPS) is 14.9. The van der Waals surface area contributed by atoms with Gasteiger partial charge in [0, 0.05) is 6.04 Å². The lowest BCUT2D eigenvalue weighted by Crippen LogP contribution is -2.38. The summed E-state index contributed by atoms with van der Waals surface area (Å²) in [5.74, 6) is 0.407. The Labute approximate surface area is 179 Å². The van der Waals surface area contributed by atoms with Crippen molar-refractivity contribution in [3.8, 4) is 5.75 Å². The summed E-state index contributed by atoms with van der Waals surface area (Å²) < 4.78 is 31.6. The molecule has 1 aliphatic carbocycles. The molecule has 0 aliphatic heterocycles. The summed E-state index contributed by atoms with van der Waals surface area (Å²) in [6, 6.07) is 14.8. The smallest absolute Gasteiger partial charge is 0.258 e. The second-order valence-electron chi connectivity index (χ2n) is 7.94. The number of benzene rings is 2. The van der Waals surface area contributed by atoms with E-state index in [0.29, 0.717) is 11.4 Å². The van der Waals surface area contributed by atoms with Crippen LogP contribution in [0.25, 0.3) is 0 Å². The Morgan fingerprint density at radius 1 is 1.03 bits per heavy atom. The lowest BCUT2D eigenvalue weighted by atomic mass is 9.95. The fourth-order valence-electron chi connectivity index (χ4n) is 3.63. The molecule has 30 heavy (non-hydrogen) atoms. The van der Waals surface area contributed by atoms with Gasteiger partial charge in [-0.3, -0.25) is 9.10 Å². The second kappa shape index (κ2) is 9.98. The first kappa shape index (κ1) is 22.2. The van der Waals surface area contributed by atoms with Crippen LogP contribution >= 0.6 is 0 Å². The van der Waals surface area contributed by atoms with E-state index in [2.05, 4.69) is 5.32 Å². The van der Waals surface area contributed by atoms with E-state index >= 15 is 0 Å². The highest BCUT2D eigenvalue weighted by atomic mass is 32.2. The third-order valence-electron chi connectivity index (χ3n) is 5.31. The number of anilines is 1. The first-order chi connectivity index (χ1) is 14.3. The molecule has 7 heteroatoms. The molecule has 0 atom stereocenters. The Kier molecular flexibility index (Phi) is 7.37. The largest absolute Gasteiger partial charge is 0.484 e. The minimum Gasteiger partial charge on any atom is -0.484 e. The molecule has 1 N–H and O–H groups in total. The van der Waals surface area contributed by atoms with Crippen LogP contribution in [-0.4, -0.2) is 33.2 Å². The van der Waals surface area contributed by atoms with Crippen LogP contribution in [0.3, 0.4) is 0 Å². The van der Waals surface area contributed by atoms with Crippen molar-refractivity contribution in [2.24, 2.45) is 0 Å². The van der Waals surface area contributed by atoms with Crippen LogP contribution < -0.4 is 14.4 Å². The van der Waals surface area contributed by atoms with E-state index < -0.39 is 10.0 Å². The molecule has 2 aromatic rings. The molecule has 0 aromatic heterocycles. The van der Waals surface area contributed by atoms with Gasteiger partial charge < -0.3 is 10.1 Å².